The Labute approximate surface area is 146 Å². The highest BCUT2D eigenvalue weighted by atomic mass is 32.1. The van der Waals surface area contributed by atoms with Crippen molar-refractivity contribution in [1.82, 2.24) is 15.3 Å². The average Bonchev–Trinajstić information content (AvgIpc) is 3.08. The Bertz CT molecular complexity index is 927. The van der Waals surface area contributed by atoms with Crippen LogP contribution < -0.4 is 5.32 Å². The number of rotatable bonds is 4. The molecule has 2 aromatic heterocycles. The molecule has 3 aromatic rings. The molecular formula is C17H16F3N3OS. The first-order valence-corrected chi connectivity index (χ1v) is 8.48. The quantitative estimate of drug-likeness (QED) is 0.725. The van der Waals surface area contributed by atoms with E-state index in [0.29, 0.717) is 6.42 Å². The number of benzene rings is 1. The van der Waals surface area contributed by atoms with Gasteiger partial charge in [-0.15, -0.1) is 11.3 Å². The molecule has 0 spiro atoms. The number of nitrogens with one attached hydrogen (secondary N) is 2. The summed E-state index contributed by atoms with van der Waals surface area (Å²) >= 11 is 0.754. The summed E-state index contributed by atoms with van der Waals surface area (Å²) in [5.74, 6) is -0.740. The molecule has 0 aliphatic heterocycles. The van der Waals surface area contributed by atoms with Crippen LogP contribution in [0.25, 0.3) is 10.9 Å². The second-order valence-electron chi connectivity index (χ2n) is 5.69. The van der Waals surface area contributed by atoms with Gasteiger partial charge in [-0.25, -0.2) is 4.98 Å². The van der Waals surface area contributed by atoms with Crippen LogP contribution in [0, 0.1) is 13.8 Å². The van der Waals surface area contributed by atoms with E-state index in [9.17, 15) is 18.0 Å². The van der Waals surface area contributed by atoms with Crippen LogP contribution in [0.3, 0.4) is 0 Å². The number of aryl methyl sites for hydroxylation is 2. The third-order valence-corrected chi connectivity index (χ3v) is 4.87. The van der Waals surface area contributed by atoms with Crippen LogP contribution in [0.15, 0.2) is 24.3 Å². The summed E-state index contributed by atoms with van der Waals surface area (Å²) in [6, 6.07) is 7.78. The van der Waals surface area contributed by atoms with Gasteiger partial charge in [0.15, 0.2) is 5.69 Å². The lowest BCUT2D eigenvalue weighted by Crippen LogP contribution is -2.27. The fourth-order valence-corrected chi connectivity index (χ4v) is 3.67. The molecule has 0 unspecified atom stereocenters. The second kappa shape index (κ2) is 6.51. The van der Waals surface area contributed by atoms with Crippen LogP contribution in [0.4, 0.5) is 13.2 Å². The number of hydrogen-bond acceptors (Lipinski definition) is 3. The molecular weight excluding hydrogens is 351 g/mol. The van der Waals surface area contributed by atoms with Gasteiger partial charge in [-0.2, -0.15) is 13.2 Å². The number of aromatic nitrogens is 2. The van der Waals surface area contributed by atoms with Gasteiger partial charge >= 0.3 is 6.18 Å². The molecule has 132 valence electrons. The van der Waals surface area contributed by atoms with Crippen molar-refractivity contribution in [3.8, 4) is 0 Å². The Morgan fingerprint density at radius 1 is 1.28 bits per heavy atom. The van der Waals surface area contributed by atoms with E-state index in [1.807, 2.05) is 31.2 Å². The summed E-state index contributed by atoms with van der Waals surface area (Å²) < 4.78 is 38.9. The van der Waals surface area contributed by atoms with Gasteiger partial charge in [0.05, 0.1) is 5.01 Å². The Balaban J connectivity index is 1.72. The molecule has 0 atom stereocenters. The van der Waals surface area contributed by atoms with Gasteiger partial charge in [0.2, 0.25) is 0 Å². The zero-order valence-corrected chi connectivity index (χ0v) is 14.4. The number of thiazole rings is 1. The van der Waals surface area contributed by atoms with Gasteiger partial charge in [0, 0.05) is 23.1 Å². The Morgan fingerprint density at radius 3 is 2.72 bits per heavy atom. The van der Waals surface area contributed by atoms with Gasteiger partial charge in [0.1, 0.15) is 4.88 Å². The maximum atomic E-state index is 13.0. The summed E-state index contributed by atoms with van der Waals surface area (Å²) in [6.07, 6.45) is -4.11. The first-order chi connectivity index (χ1) is 11.8. The van der Waals surface area contributed by atoms with Crippen LogP contribution in [0.1, 0.15) is 31.6 Å². The number of nitrogens with zero attached hydrogens (tertiary/aromatic N) is 1. The maximum Gasteiger partial charge on any atom is 0.435 e. The van der Waals surface area contributed by atoms with Crippen molar-refractivity contribution in [2.24, 2.45) is 0 Å². The van der Waals surface area contributed by atoms with Crippen molar-refractivity contribution in [2.75, 3.05) is 6.54 Å². The van der Waals surface area contributed by atoms with Crippen LogP contribution in [0.2, 0.25) is 0 Å². The van der Waals surface area contributed by atoms with Gasteiger partial charge in [0.25, 0.3) is 5.91 Å². The van der Waals surface area contributed by atoms with Crippen molar-refractivity contribution in [2.45, 2.75) is 26.4 Å². The molecule has 0 bridgehead atoms. The van der Waals surface area contributed by atoms with Gasteiger partial charge in [-0.05, 0) is 31.9 Å². The Kier molecular flexibility index (Phi) is 4.55. The SMILES string of the molecule is Cc1nc(C(F)(F)F)c(C(=O)NCCc2c(C)[nH]c3ccccc23)s1. The van der Waals surface area contributed by atoms with Crippen LogP contribution in [0.5, 0.6) is 0 Å². The number of para-hydroxylation sites is 1. The minimum absolute atomic E-state index is 0.213. The highest BCUT2D eigenvalue weighted by molar-refractivity contribution is 7.13. The molecule has 2 heterocycles. The summed E-state index contributed by atoms with van der Waals surface area (Å²) in [5, 5.41) is 3.84. The van der Waals surface area contributed by atoms with Crippen molar-refractivity contribution in [1.29, 1.82) is 0 Å². The lowest BCUT2D eigenvalue weighted by molar-refractivity contribution is -0.141. The first-order valence-electron chi connectivity index (χ1n) is 7.66. The van der Waals surface area contributed by atoms with Crippen LogP contribution in [-0.4, -0.2) is 22.4 Å². The Morgan fingerprint density at radius 2 is 2.00 bits per heavy atom. The normalized spacial score (nSPS) is 11.9. The molecule has 0 saturated heterocycles. The molecule has 0 fully saturated rings. The monoisotopic (exact) mass is 367 g/mol. The number of fused-ring (bicyclic) bond motifs is 1. The fourth-order valence-electron chi connectivity index (χ4n) is 2.81. The molecule has 1 aromatic carbocycles. The molecule has 3 rings (SSSR count). The van der Waals surface area contributed by atoms with Crippen molar-refractivity contribution in [3.05, 3.63) is 51.1 Å². The van der Waals surface area contributed by atoms with Crippen LogP contribution in [-0.2, 0) is 12.6 Å². The summed E-state index contributed by atoms with van der Waals surface area (Å²) in [4.78, 5) is 18.5. The van der Waals surface area contributed by atoms with Gasteiger partial charge in [-0.1, -0.05) is 18.2 Å². The third kappa shape index (κ3) is 3.53. The van der Waals surface area contributed by atoms with E-state index in [1.54, 1.807) is 0 Å². The molecule has 25 heavy (non-hydrogen) atoms. The molecule has 0 aliphatic carbocycles. The minimum atomic E-state index is -4.63. The number of aromatic amines is 1. The van der Waals surface area contributed by atoms with Crippen LogP contribution >= 0.6 is 11.3 Å². The third-order valence-electron chi connectivity index (χ3n) is 3.90. The van der Waals surface area contributed by atoms with E-state index in [4.69, 9.17) is 0 Å². The average molecular weight is 367 g/mol. The lowest BCUT2D eigenvalue weighted by atomic mass is 10.1. The molecule has 0 saturated carbocycles. The summed E-state index contributed by atoms with van der Waals surface area (Å²) in [5.41, 5.74) is 1.92. The predicted octanol–water partition coefficient (Wildman–Crippen LogP) is 4.23. The molecule has 0 aliphatic rings. The van der Waals surface area contributed by atoms with Crippen molar-refractivity contribution < 1.29 is 18.0 Å². The number of carbonyl (C=O) groups excluding carboxylic acids is 1. The lowest BCUT2D eigenvalue weighted by Gasteiger charge is -2.07. The van der Waals surface area contributed by atoms with Crippen molar-refractivity contribution in [3.63, 3.8) is 0 Å². The number of halogens is 3. The van der Waals surface area contributed by atoms with E-state index < -0.39 is 17.8 Å². The molecule has 8 heteroatoms. The van der Waals surface area contributed by atoms with E-state index in [2.05, 4.69) is 15.3 Å². The molecule has 1 amide bonds. The van der Waals surface area contributed by atoms with E-state index in [-0.39, 0.29) is 16.4 Å². The number of alkyl halides is 3. The maximum absolute atomic E-state index is 13.0. The summed E-state index contributed by atoms with van der Waals surface area (Å²) in [6.45, 7) is 3.63. The minimum Gasteiger partial charge on any atom is -0.358 e. The molecule has 0 radical (unpaired) electrons. The zero-order chi connectivity index (χ0) is 18.2. The Hall–Kier alpha value is -2.35. The van der Waals surface area contributed by atoms with Crippen molar-refractivity contribution >= 4 is 28.1 Å². The van der Waals surface area contributed by atoms with E-state index >= 15 is 0 Å². The smallest absolute Gasteiger partial charge is 0.358 e. The second-order valence-corrected chi connectivity index (χ2v) is 6.89. The zero-order valence-electron chi connectivity index (χ0n) is 13.6. The standard InChI is InChI=1S/C17H16F3N3OS/c1-9-11(12-5-3-4-6-13(12)22-9)7-8-21-16(24)14-15(17(18,19)20)23-10(2)25-14/h3-6,22H,7-8H2,1-2H3,(H,21,24). The number of H-pyrrole nitrogens is 1. The predicted molar refractivity (Wildman–Crippen MR) is 90.9 cm³/mol. The van der Waals surface area contributed by atoms with E-state index in [0.717, 1.165) is 33.5 Å². The fraction of sp³-hybridized carbons (Fsp3) is 0.294. The topological polar surface area (TPSA) is 57.8 Å². The molecule has 4 nitrogen and oxygen atoms in total. The largest absolute Gasteiger partial charge is 0.435 e. The highest BCUT2D eigenvalue weighted by Gasteiger charge is 2.39. The number of amides is 1. The summed E-state index contributed by atoms with van der Waals surface area (Å²) in [7, 11) is 0. The first kappa shape index (κ1) is 17.5. The van der Waals surface area contributed by atoms with E-state index in [1.165, 1.54) is 6.92 Å². The molecule has 2 N–H and O–H groups in total. The highest BCUT2D eigenvalue weighted by Crippen LogP contribution is 2.34. The number of hydrogen-bond donors (Lipinski definition) is 2. The van der Waals surface area contributed by atoms with Gasteiger partial charge < -0.3 is 10.3 Å². The number of carbonyl (C=O) groups is 1. The van der Waals surface area contributed by atoms with Gasteiger partial charge in [-0.3, -0.25) is 4.79 Å².